The molecule has 1 atom stereocenters. The van der Waals surface area contributed by atoms with E-state index in [1.54, 1.807) is 30.1 Å². The predicted molar refractivity (Wildman–Crippen MR) is 76.3 cm³/mol. The molecule has 0 bridgehead atoms. The van der Waals surface area contributed by atoms with Crippen LogP contribution in [0.5, 0.6) is 0 Å². The van der Waals surface area contributed by atoms with Gasteiger partial charge in [0.25, 0.3) is 0 Å². The number of aromatic nitrogens is 1. The number of carbonyl (C=O) groups excluding carboxylic acids is 1. The average Bonchev–Trinajstić information content (AvgIpc) is 2.90. The topological polar surface area (TPSA) is 52.3 Å². The summed E-state index contributed by atoms with van der Waals surface area (Å²) in [5, 5.41) is 0.957. The summed E-state index contributed by atoms with van der Waals surface area (Å²) in [7, 11) is 1.33. The number of methoxy groups -OCH3 is 1. The van der Waals surface area contributed by atoms with Gasteiger partial charge in [-0.15, -0.1) is 0 Å². The molecule has 4 nitrogen and oxygen atoms in total. The lowest BCUT2D eigenvalue weighted by molar-refractivity contribution is 0.0563. The van der Waals surface area contributed by atoms with Crippen molar-refractivity contribution in [3.05, 3.63) is 46.5 Å². The fourth-order valence-corrected chi connectivity index (χ4v) is 2.55. The Hall–Kier alpha value is -1.27. The number of halogens is 1. The van der Waals surface area contributed by atoms with Gasteiger partial charge in [-0.2, -0.15) is 0 Å². The van der Waals surface area contributed by atoms with Gasteiger partial charge < -0.3 is 9.15 Å². The van der Waals surface area contributed by atoms with Gasteiger partial charge in [-0.1, -0.05) is 11.8 Å². The SMILES string of the molecule is COC(=O)c1ccc(C(C)Sc2ccc(Br)cn2)o1. The highest BCUT2D eigenvalue weighted by atomic mass is 79.9. The van der Waals surface area contributed by atoms with E-state index in [4.69, 9.17) is 4.42 Å². The van der Waals surface area contributed by atoms with Crippen molar-refractivity contribution < 1.29 is 13.9 Å². The third-order valence-corrected chi connectivity index (χ3v) is 3.95. The second kappa shape index (κ2) is 6.25. The molecule has 0 aliphatic rings. The highest BCUT2D eigenvalue weighted by Gasteiger charge is 2.16. The third kappa shape index (κ3) is 3.61. The van der Waals surface area contributed by atoms with Gasteiger partial charge in [-0.05, 0) is 47.1 Å². The largest absolute Gasteiger partial charge is 0.463 e. The van der Waals surface area contributed by atoms with E-state index in [-0.39, 0.29) is 11.0 Å². The molecule has 100 valence electrons. The van der Waals surface area contributed by atoms with Crippen LogP contribution >= 0.6 is 27.7 Å². The van der Waals surface area contributed by atoms with E-state index in [0.29, 0.717) is 0 Å². The minimum Gasteiger partial charge on any atom is -0.463 e. The number of rotatable bonds is 4. The normalized spacial score (nSPS) is 12.2. The van der Waals surface area contributed by atoms with E-state index >= 15 is 0 Å². The van der Waals surface area contributed by atoms with Crippen LogP contribution in [-0.4, -0.2) is 18.1 Å². The number of carbonyl (C=O) groups is 1. The van der Waals surface area contributed by atoms with Crippen LogP contribution in [0, 0.1) is 0 Å². The van der Waals surface area contributed by atoms with Crippen LogP contribution in [0.15, 0.2) is 44.4 Å². The zero-order chi connectivity index (χ0) is 13.8. The number of furan rings is 1. The Balaban J connectivity index is 2.07. The van der Waals surface area contributed by atoms with Crippen molar-refractivity contribution >= 4 is 33.7 Å². The Morgan fingerprint density at radius 2 is 2.21 bits per heavy atom. The van der Waals surface area contributed by atoms with E-state index in [9.17, 15) is 4.79 Å². The molecule has 0 amide bonds. The van der Waals surface area contributed by atoms with Crippen LogP contribution in [0.3, 0.4) is 0 Å². The summed E-state index contributed by atoms with van der Waals surface area (Å²) in [5.41, 5.74) is 0. The van der Waals surface area contributed by atoms with Crippen LogP contribution < -0.4 is 0 Å². The number of hydrogen-bond acceptors (Lipinski definition) is 5. The molecule has 6 heteroatoms. The van der Waals surface area contributed by atoms with E-state index in [1.807, 2.05) is 19.1 Å². The minimum absolute atomic E-state index is 0.0621. The lowest BCUT2D eigenvalue weighted by Crippen LogP contribution is -1.98. The van der Waals surface area contributed by atoms with Crippen LogP contribution in [0.2, 0.25) is 0 Å². The minimum atomic E-state index is -0.467. The molecule has 0 spiro atoms. The Labute approximate surface area is 123 Å². The summed E-state index contributed by atoms with van der Waals surface area (Å²) in [6.07, 6.45) is 1.75. The van der Waals surface area contributed by atoms with E-state index in [0.717, 1.165) is 15.3 Å². The second-order valence-electron chi connectivity index (χ2n) is 3.77. The lowest BCUT2D eigenvalue weighted by Gasteiger charge is -2.07. The van der Waals surface area contributed by atoms with Crippen molar-refractivity contribution in [2.24, 2.45) is 0 Å². The van der Waals surface area contributed by atoms with Gasteiger partial charge in [0.1, 0.15) is 5.76 Å². The maximum atomic E-state index is 11.3. The molecule has 0 radical (unpaired) electrons. The fourth-order valence-electron chi connectivity index (χ4n) is 1.45. The zero-order valence-corrected chi connectivity index (χ0v) is 12.8. The molecular formula is C13H12BrNO3S. The van der Waals surface area contributed by atoms with Crippen molar-refractivity contribution in [2.45, 2.75) is 17.2 Å². The van der Waals surface area contributed by atoms with E-state index in [1.165, 1.54) is 7.11 Å². The quantitative estimate of drug-likeness (QED) is 0.619. The molecule has 0 fully saturated rings. The molecule has 0 saturated heterocycles. The van der Waals surface area contributed by atoms with E-state index in [2.05, 4.69) is 25.7 Å². The maximum absolute atomic E-state index is 11.3. The second-order valence-corrected chi connectivity index (χ2v) is 6.05. The van der Waals surface area contributed by atoms with Crippen molar-refractivity contribution in [1.29, 1.82) is 0 Å². The Morgan fingerprint density at radius 1 is 1.42 bits per heavy atom. The molecule has 2 aromatic rings. The van der Waals surface area contributed by atoms with Crippen molar-refractivity contribution in [1.82, 2.24) is 4.98 Å². The summed E-state index contributed by atoms with van der Waals surface area (Å²) >= 11 is 4.90. The Morgan fingerprint density at radius 3 is 2.84 bits per heavy atom. The molecule has 0 aromatic carbocycles. The van der Waals surface area contributed by atoms with E-state index < -0.39 is 5.97 Å². The third-order valence-electron chi connectivity index (χ3n) is 2.41. The van der Waals surface area contributed by atoms with Crippen LogP contribution in [0.25, 0.3) is 0 Å². The first-order valence-electron chi connectivity index (χ1n) is 5.56. The molecule has 2 heterocycles. The predicted octanol–water partition coefficient (Wildman–Crippen LogP) is 4.08. The molecule has 2 aromatic heterocycles. The molecule has 2 rings (SSSR count). The van der Waals surface area contributed by atoms with Crippen molar-refractivity contribution in [3.8, 4) is 0 Å². The number of pyridine rings is 1. The lowest BCUT2D eigenvalue weighted by atomic mass is 10.3. The molecule has 0 saturated carbocycles. The average molecular weight is 342 g/mol. The molecule has 0 N–H and O–H groups in total. The Kier molecular flexibility index (Phi) is 4.66. The number of esters is 1. The van der Waals surface area contributed by atoms with Gasteiger partial charge in [0.15, 0.2) is 0 Å². The maximum Gasteiger partial charge on any atom is 0.373 e. The highest BCUT2D eigenvalue weighted by molar-refractivity contribution is 9.10. The molecule has 19 heavy (non-hydrogen) atoms. The van der Waals surface area contributed by atoms with Gasteiger partial charge in [0.2, 0.25) is 5.76 Å². The Bertz CT molecular complexity index is 568. The van der Waals surface area contributed by atoms with Crippen LogP contribution in [0.1, 0.15) is 28.5 Å². The first-order chi connectivity index (χ1) is 9.10. The standard InChI is InChI=1S/C13H12BrNO3S/c1-8(19-12-6-3-9(14)7-15-12)10-4-5-11(18-10)13(16)17-2/h3-8H,1-2H3. The number of thioether (sulfide) groups is 1. The van der Waals surface area contributed by atoms with Crippen LogP contribution in [0.4, 0.5) is 0 Å². The summed E-state index contributed by atoms with van der Waals surface area (Å²) in [6.45, 7) is 1.99. The number of ether oxygens (including phenoxy) is 1. The molecule has 0 aliphatic heterocycles. The fraction of sp³-hybridized carbons (Fsp3) is 0.231. The molecule has 0 aliphatic carbocycles. The summed E-state index contributed by atoms with van der Waals surface area (Å²) in [5.74, 6) is 0.467. The number of nitrogens with zero attached hydrogens (tertiary/aromatic N) is 1. The number of hydrogen-bond donors (Lipinski definition) is 0. The molecular weight excluding hydrogens is 330 g/mol. The zero-order valence-electron chi connectivity index (χ0n) is 10.4. The monoisotopic (exact) mass is 341 g/mol. The van der Waals surface area contributed by atoms with Crippen LogP contribution in [-0.2, 0) is 4.74 Å². The summed E-state index contributed by atoms with van der Waals surface area (Å²) in [6, 6.07) is 7.26. The van der Waals surface area contributed by atoms with Gasteiger partial charge in [0.05, 0.1) is 17.4 Å². The summed E-state index contributed by atoms with van der Waals surface area (Å²) in [4.78, 5) is 15.6. The first kappa shape index (κ1) is 14.1. The smallest absolute Gasteiger partial charge is 0.373 e. The van der Waals surface area contributed by atoms with Crippen molar-refractivity contribution in [3.63, 3.8) is 0 Å². The highest BCUT2D eigenvalue weighted by Crippen LogP contribution is 2.34. The van der Waals surface area contributed by atoms with Gasteiger partial charge in [-0.25, -0.2) is 9.78 Å². The van der Waals surface area contributed by atoms with Gasteiger partial charge in [-0.3, -0.25) is 0 Å². The van der Waals surface area contributed by atoms with Gasteiger partial charge >= 0.3 is 5.97 Å². The summed E-state index contributed by atoms with van der Waals surface area (Å²) < 4.78 is 11.0. The molecule has 1 unspecified atom stereocenters. The first-order valence-corrected chi connectivity index (χ1v) is 7.23. The van der Waals surface area contributed by atoms with Gasteiger partial charge in [0, 0.05) is 10.7 Å². The van der Waals surface area contributed by atoms with Crippen molar-refractivity contribution in [2.75, 3.05) is 7.11 Å².